The number of nitrogens with zero attached hydrogens (tertiary/aromatic N) is 1. The van der Waals surface area contributed by atoms with Gasteiger partial charge in [0.1, 0.15) is 5.75 Å². The normalized spacial score (nSPS) is 21.2. The zero-order valence-electron chi connectivity index (χ0n) is 18.8. The number of allylic oxidation sites excluding steroid dienone is 2. The predicted octanol–water partition coefficient (Wildman–Crippen LogP) is 7.36. The number of para-hydroxylation sites is 1. The van der Waals surface area contributed by atoms with Crippen LogP contribution >= 0.6 is 0 Å². The Morgan fingerprint density at radius 3 is 2.75 bits per heavy atom. The van der Waals surface area contributed by atoms with Crippen LogP contribution in [-0.4, -0.2) is 12.8 Å². The fourth-order valence-corrected chi connectivity index (χ4v) is 4.89. The number of aliphatic imine (C=N–C) groups is 1. The van der Waals surface area contributed by atoms with E-state index in [1.807, 2.05) is 30.5 Å². The standard InChI is InChI=1S/C29H30N2O/c1-3-17-32-28-10-5-4-7-22(28)19-30-23-14-12-21(13-15-23)29-25-9-6-8-24(25)26-18-20(2)11-16-27(26)31-29/h4-8,10-16,18-19,24-25,29,31H,3,9,17H2,1-2H3/t24-,25+,29-/m0/s1. The highest BCUT2D eigenvalue weighted by Crippen LogP contribution is 2.50. The molecule has 0 fully saturated rings. The lowest BCUT2D eigenvalue weighted by atomic mass is 9.76. The van der Waals surface area contributed by atoms with Crippen molar-refractivity contribution in [3.8, 4) is 5.75 Å². The number of aryl methyl sites for hydroxylation is 1. The smallest absolute Gasteiger partial charge is 0.128 e. The number of nitrogens with one attached hydrogen (secondary N) is 1. The van der Waals surface area contributed by atoms with E-state index >= 15 is 0 Å². The predicted molar refractivity (Wildman–Crippen MR) is 133 cm³/mol. The van der Waals surface area contributed by atoms with E-state index in [9.17, 15) is 0 Å². The van der Waals surface area contributed by atoms with Gasteiger partial charge in [-0.15, -0.1) is 0 Å². The maximum absolute atomic E-state index is 5.84. The zero-order valence-corrected chi connectivity index (χ0v) is 18.8. The Balaban J connectivity index is 1.35. The highest BCUT2D eigenvalue weighted by molar-refractivity contribution is 5.85. The van der Waals surface area contributed by atoms with E-state index in [1.165, 1.54) is 22.4 Å². The van der Waals surface area contributed by atoms with Gasteiger partial charge >= 0.3 is 0 Å². The van der Waals surface area contributed by atoms with Gasteiger partial charge in [-0.1, -0.05) is 61.0 Å². The fourth-order valence-electron chi connectivity index (χ4n) is 4.89. The van der Waals surface area contributed by atoms with E-state index in [0.29, 0.717) is 24.5 Å². The Morgan fingerprint density at radius 1 is 1.06 bits per heavy atom. The van der Waals surface area contributed by atoms with Gasteiger partial charge in [0.15, 0.2) is 0 Å². The summed E-state index contributed by atoms with van der Waals surface area (Å²) in [6, 6.07) is 23.8. The van der Waals surface area contributed by atoms with Crippen LogP contribution in [0.3, 0.4) is 0 Å². The van der Waals surface area contributed by atoms with E-state index in [2.05, 4.69) is 73.8 Å². The van der Waals surface area contributed by atoms with Gasteiger partial charge in [0, 0.05) is 23.4 Å². The summed E-state index contributed by atoms with van der Waals surface area (Å²) in [4.78, 5) is 4.71. The van der Waals surface area contributed by atoms with Gasteiger partial charge in [-0.05, 0) is 67.1 Å². The molecule has 3 atom stereocenters. The second kappa shape index (κ2) is 9.04. The lowest BCUT2D eigenvalue weighted by Crippen LogP contribution is -2.29. The van der Waals surface area contributed by atoms with Gasteiger partial charge in [-0.2, -0.15) is 0 Å². The minimum Gasteiger partial charge on any atom is -0.493 e. The van der Waals surface area contributed by atoms with Gasteiger partial charge < -0.3 is 10.1 Å². The molecule has 0 saturated carbocycles. The third-order valence-corrected chi connectivity index (χ3v) is 6.50. The minimum atomic E-state index is 0.311. The van der Waals surface area contributed by atoms with E-state index in [4.69, 9.17) is 9.73 Å². The van der Waals surface area contributed by atoms with Gasteiger partial charge in [0.2, 0.25) is 0 Å². The van der Waals surface area contributed by atoms with Crippen molar-refractivity contribution in [2.45, 2.75) is 38.6 Å². The van der Waals surface area contributed by atoms with Crippen molar-refractivity contribution < 1.29 is 4.74 Å². The van der Waals surface area contributed by atoms with Gasteiger partial charge in [-0.3, -0.25) is 4.99 Å². The first-order valence-electron chi connectivity index (χ1n) is 11.6. The quantitative estimate of drug-likeness (QED) is 0.332. The molecule has 3 aromatic carbocycles. The number of anilines is 1. The summed E-state index contributed by atoms with van der Waals surface area (Å²) in [5.74, 6) is 1.93. The molecule has 1 aliphatic heterocycles. The van der Waals surface area contributed by atoms with Crippen molar-refractivity contribution in [1.29, 1.82) is 0 Å². The summed E-state index contributed by atoms with van der Waals surface area (Å²) in [6.45, 7) is 5.00. The molecule has 0 spiro atoms. The van der Waals surface area contributed by atoms with Crippen molar-refractivity contribution in [2.75, 3.05) is 11.9 Å². The van der Waals surface area contributed by atoms with Crippen LogP contribution in [0.25, 0.3) is 0 Å². The van der Waals surface area contributed by atoms with Crippen LogP contribution in [0.5, 0.6) is 5.75 Å². The topological polar surface area (TPSA) is 33.6 Å². The molecule has 5 rings (SSSR count). The monoisotopic (exact) mass is 422 g/mol. The largest absolute Gasteiger partial charge is 0.493 e. The van der Waals surface area contributed by atoms with E-state index in [0.717, 1.165) is 29.8 Å². The summed E-state index contributed by atoms with van der Waals surface area (Å²) in [5, 5.41) is 3.82. The van der Waals surface area contributed by atoms with Crippen molar-refractivity contribution in [2.24, 2.45) is 10.9 Å². The average Bonchev–Trinajstić information content (AvgIpc) is 3.32. The number of rotatable bonds is 6. The summed E-state index contributed by atoms with van der Waals surface area (Å²) in [6.07, 6.45) is 8.74. The maximum Gasteiger partial charge on any atom is 0.128 e. The van der Waals surface area contributed by atoms with E-state index in [1.54, 1.807) is 0 Å². The minimum absolute atomic E-state index is 0.311. The second-order valence-corrected chi connectivity index (χ2v) is 8.80. The summed E-state index contributed by atoms with van der Waals surface area (Å²) in [7, 11) is 0. The second-order valence-electron chi connectivity index (χ2n) is 8.80. The molecule has 162 valence electrons. The van der Waals surface area contributed by atoms with Crippen molar-refractivity contribution in [1.82, 2.24) is 0 Å². The summed E-state index contributed by atoms with van der Waals surface area (Å²) < 4.78 is 5.84. The van der Waals surface area contributed by atoms with Crippen LogP contribution < -0.4 is 10.1 Å². The Hall–Kier alpha value is -3.33. The third-order valence-electron chi connectivity index (χ3n) is 6.50. The fraction of sp³-hybridized carbons (Fsp3) is 0.276. The van der Waals surface area contributed by atoms with E-state index < -0.39 is 0 Å². The van der Waals surface area contributed by atoms with Gasteiger partial charge in [0.05, 0.1) is 18.3 Å². The average molecular weight is 423 g/mol. The van der Waals surface area contributed by atoms with Crippen LogP contribution in [0.2, 0.25) is 0 Å². The van der Waals surface area contributed by atoms with Crippen LogP contribution in [0.4, 0.5) is 11.4 Å². The first-order chi connectivity index (χ1) is 15.7. The molecule has 1 heterocycles. The Kier molecular flexibility index (Phi) is 5.81. The van der Waals surface area contributed by atoms with Crippen LogP contribution in [0, 0.1) is 12.8 Å². The van der Waals surface area contributed by atoms with Gasteiger partial charge in [0.25, 0.3) is 0 Å². The first kappa shape index (κ1) is 20.6. The first-order valence-corrected chi connectivity index (χ1v) is 11.6. The van der Waals surface area contributed by atoms with Crippen LogP contribution in [0.15, 0.2) is 83.9 Å². The molecule has 3 heteroatoms. The SMILES string of the molecule is CCCOc1ccccc1C=Nc1ccc([C@@H]2Nc3ccc(C)cc3[C@H]3C=CC[C@H]32)cc1. The molecule has 0 saturated heterocycles. The van der Waals surface area contributed by atoms with Crippen LogP contribution in [0.1, 0.15) is 54.0 Å². The third kappa shape index (κ3) is 4.08. The molecule has 0 aromatic heterocycles. The van der Waals surface area contributed by atoms with Crippen LogP contribution in [-0.2, 0) is 0 Å². The molecule has 0 radical (unpaired) electrons. The lowest BCUT2D eigenvalue weighted by Gasteiger charge is -2.37. The lowest BCUT2D eigenvalue weighted by molar-refractivity contribution is 0.317. The molecule has 3 aromatic rings. The zero-order chi connectivity index (χ0) is 21.9. The number of ether oxygens (including phenoxy) is 1. The summed E-state index contributed by atoms with van der Waals surface area (Å²) in [5.41, 5.74) is 7.30. The molecule has 1 aliphatic carbocycles. The molecule has 0 bridgehead atoms. The maximum atomic E-state index is 5.84. The van der Waals surface area contributed by atoms with Crippen molar-refractivity contribution >= 4 is 17.6 Å². The Labute approximate surface area is 190 Å². The molecule has 1 N–H and O–H groups in total. The number of benzene rings is 3. The highest BCUT2D eigenvalue weighted by atomic mass is 16.5. The molecular formula is C29H30N2O. The van der Waals surface area contributed by atoms with Crippen molar-refractivity contribution in [3.63, 3.8) is 0 Å². The summed E-state index contributed by atoms with van der Waals surface area (Å²) >= 11 is 0. The number of hydrogen-bond donors (Lipinski definition) is 1. The highest BCUT2D eigenvalue weighted by Gasteiger charge is 2.37. The molecule has 2 aliphatic rings. The van der Waals surface area contributed by atoms with E-state index in [-0.39, 0.29) is 0 Å². The van der Waals surface area contributed by atoms with Crippen molar-refractivity contribution in [3.05, 3.63) is 101 Å². The molecular weight excluding hydrogens is 392 g/mol. The Morgan fingerprint density at radius 2 is 1.91 bits per heavy atom. The molecule has 0 amide bonds. The Bertz CT molecular complexity index is 1150. The number of hydrogen-bond acceptors (Lipinski definition) is 3. The number of fused-ring (bicyclic) bond motifs is 3. The van der Waals surface area contributed by atoms with Gasteiger partial charge in [-0.25, -0.2) is 0 Å². The molecule has 32 heavy (non-hydrogen) atoms. The molecule has 0 unspecified atom stereocenters. The molecule has 3 nitrogen and oxygen atoms in total.